The van der Waals surface area contributed by atoms with Gasteiger partial charge >= 0.3 is 17.9 Å². The van der Waals surface area contributed by atoms with E-state index in [1.165, 1.54) is 39.0 Å². The van der Waals surface area contributed by atoms with E-state index in [1.54, 1.807) is 7.11 Å². The third-order valence-corrected chi connectivity index (χ3v) is 16.2. The van der Waals surface area contributed by atoms with Crippen molar-refractivity contribution in [3.63, 3.8) is 0 Å². The van der Waals surface area contributed by atoms with Crippen molar-refractivity contribution >= 4 is 62.1 Å². The summed E-state index contributed by atoms with van der Waals surface area (Å²) in [5.74, 6) is -3.32. The second kappa shape index (κ2) is 29.0. The SMILES string of the molecule is C=C1C[C@@H](C[C@@]2(C)O[C@H](C[C@H](CC(=O)SC(C)(C)C)OB(P)S)C[C@H](OC(C)=O)C2(C)C)O[C@@H](/C=C/C(C)(C)[C@]2(OC)O[C@H](C[C@@H](OCc3ccc(OC)cc3)[C@@H](C)OCOCc3ccccc3)C/C(=C\C(=O)OC)C2=O)C1. The molecule has 11 atom stereocenters. The van der Waals surface area contributed by atoms with Crippen LogP contribution in [-0.2, 0) is 79.7 Å². The Hall–Kier alpha value is -3.39. The number of carbonyl (C=O) groups is 4. The summed E-state index contributed by atoms with van der Waals surface area (Å²) < 4.78 is 68.3. The topological polar surface area (TPSA) is 170 Å². The predicted octanol–water partition coefficient (Wildman–Crippen LogP) is 10.9. The second-order valence-corrected chi connectivity index (χ2v) is 26.5. The Morgan fingerprint density at radius 2 is 1.59 bits per heavy atom. The van der Waals surface area contributed by atoms with E-state index in [-0.39, 0.29) is 54.2 Å². The van der Waals surface area contributed by atoms with Crippen LogP contribution in [0.5, 0.6) is 5.75 Å². The number of Topliss-reactive ketones (excluding diaryl/α,β-unsaturated/α-hetero) is 1. The summed E-state index contributed by atoms with van der Waals surface area (Å²) in [7, 11) is 6.81. The first kappa shape index (κ1) is 65.4. The lowest BCUT2D eigenvalue weighted by Crippen LogP contribution is -2.61. The molecule has 2 aromatic carbocycles. The first-order valence-corrected chi connectivity index (χ1v) is 28.8. The van der Waals surface area contributed by atoms with Crippen molar-refractivity contribution in [2.24, 2.45) is 10.8 Å². The maximum Gasteiger partial charge on any atom is 0.380 e. The molecular weight excluding hydrogens is 1050 g/mol. The van der Waals surface area contributed by atoms with Gasteiger partial charge in [-0.1, -0.05) is 127 Å². The Balaban J connectivity index is 1.39. The Morgan fingerprint density at radius 3 is 2.21 bits per heavy atom. The molecule has 0 radical (unpaired) electrons. The number of rotatable bonds is 26. The van der Waals surface area contributed by atoms with Gasteiger partial charge in [-0.2, -0.15) is 12.5 Å². The van der Waals surface area contributed by atoms with Gasteiger partial charge in [-0.15, -0.1) is 9.12 Å². The average Bonchev–Trinajstić information content (AvgIpc) is 3.37. The number of ether oxygens (including phenoxy) is 10. The van der Waals surface area contributed by atoms with E-state index in [2.05, 4.69) is 28.2 Å². The molecule has 0 saturated carbocycles. The molecule has 78 heavy (non-hydrogen) atoms. The van der Waals surface area contributed by atoms with Crippen LogP contribution in [0.25, 0.3) is 0 Å². The maximum atomic E-state index is 14.9. The molecule has 19 heteroatoms. The lowest BCUT2D eigenvalue weighted by molar-refractivity contribution is -0.281. The molecule has 1 unspecified atom stereocenters. The molecule has 0 amide bonds. The third kappa shape index (κ3) is 18.6. The summed E-state index contributed by atoms with van der Waals surface area (Å²) in [6.07, 6.45) is 3.62. The minimum atomic E-state index is -1.92. The summed E-state index contributed by atoms with van der Waals surface area (Å²) in [6.45, 7) is 24.1. The van der Waals surface area contributed by atoms with Gasteiger partial charge in [0.15, 0.2) is 5.12 Å². The monoisotopic (exact) mass is 1140 g/mol. The van der Waals surface area contributed by atoms with Crippen molar-refractivity contribution in [1.82, 2.24) is 0 Å². The van der Waals surface area contributed by atoms with Gasteiger partial charge in [-0.3, -0.25) is 14.4 Å². The van der Waals surface area contributed by atoms with E-state index < -0.39 is 88.6 Å². The minimum Gasteiger partial charge on any atom is -0.497 e. The molecule has 0 aromatic heterocycles. The fourth-order valence-electron chi connectivity index (χ4n) is 10.5. The van der Waals surface area contributed by atoms with Crippen LogP contribution in [0.3, 0.4) is 0 Å². The Bertz CT molecular complexity index is 2380. The highest BCUT2D eigenvalue weighted by Gasteiger charge is 2.58. The highest BCUT2D eigenvalue weighted by molar-refractivity contribution is 8.23. The average molecular weight is 1140 g/mol. The third-order valence-electron chi connectivity index (χ3n) is 14.9. The summed E-state index contributed by atoms with van der Waals surface area (Å²) >= 11 is 5.75. The van der Waals surface area contributed by atoms with Gasteiger partial charge in [0.25, 0.3) is 0 Å². The van der Waals surface area contributed by atoms with Crippen LogP contribution in [0.4, 0.5) is 0 Å². The first-order valence-electron chi connectivity index (χ1n) is 26.8. The Labute approximate surface area is 476 Å². The van der Waals surface area contributed by atoms with Crippen LogP contribution in [0.2, 0.25) is 0 Å². The van der Waals surface area contributed by atoms with Gasteiger partial charge in [0.1, 0.15) is 18.6 Å². The van der Waals surface area contributed by atoms with E-state index in [0.29, 0.717) is 44.5 Å². The lowest BCUT2D eigenvalue weighted by Gasteiger charge is -2.55. The van der Waals surface area contributed by atoms with E-state index >= 15 is 0 Å². The van der Waals surface area contributed by atoms with Crippen molar-refractivity contribution in [2.75, 3.05) is 28.1 Å². The smallest absolute Gasteiger partial charge is 0.380 e. The highest BCUT2D eigenvalue weighted by atomic mass is 32.2. The number of thiol groups is 1. The molecule has 2 aromatic rings. The van der Waals surface area contributed by atoms with Crippen LogP contribution in [0.15, 0.2) is 90.6 Å². The molecule has 3 saturated heterocycles. The lowest BCUT2D eigenvalue weighted by atomic mass is 9.65. The van der Waals surface area contributed by atoms with E-state index in [0.717, 1.165) is 16.7 Å². The first-order chi connectivity index (χ1) is 36.6. The van der Waals surface area contributed by atoms with Crippen molar-refractivity contribution in [2.45, 2.75) is 199 Å². The number of benzene rings is 2. The van der Waals surface area contributed by atoms with Crippen molar-refractivity contribution in [3.05, 3.63) is 102 Å². The number of ketones is 1. The summed E-state index contributed by atoms with van der Waals surface area (Å²) in [4.78, 5) is 53.7. The minimum absolute atomic E-state index is 0.00244. The number of carbonyl (C=O) groups excluding carboxylic acids is 4. The van der Waals surface area contributed by atoms with Crippen LogP contribution in [0, 0.1) is 10.8 Å². The normalized spacial score (nSPS) is 26.6. The second-order valence-electron chi connectivity index (χ2n) is 23.0. The molecule has 432 valence electrons. The van der Waals surface area contributed by atoms with Crippen LogP contribution < -0.4 is 4.74 Å². The number of thioether (sulfide) groups is 1. The summed E-state index contributed by atoms with van der Waals surface area (Å²) in [6, 6.07) is 17.4. The molecule has 0 bridgehead atoms. The van der Waals surface area contributed by atoms with Crippen molar-refractivity contribution < 1.29 is 71.2 Å². The molecule has 3 aliphatic rings. The number of hydrogen-bond donors (Lipinski definition) is 1. The van der Waals surface area contributed by atoms with Gasteiger partial charge in [-0.25, -0.2) is 4.79 Å². The largest absolute Gasteiger partial charge is 0.497 e. The number of methoxy groups -OCH3 is 3. The van der Waals surface area contributed by atoms with Crippen molar-refractivity contribution in [1.29, 1.82) is 0 Å². The molecule has 3 heterocycles. The van der Waals surface area contributed by atoms with Crippen LogP contribution >= 0.6 is 33.4 Å². The van der Waals surface area contributed by atoms with Crippen molar-refractivity contribution in [3.8, 4) is 5.75 Å². The van der Waals surface area contributed by atoms with Gasteiger partial charge in [0.2, 0.25) is 11.6 Å². The fourth-order valence-corrected chi connectivity index (χ4v) is 11.8. The van der Waals surface area contributed by atoms with Gasteiger partial charge < -0.3 is 52.0 Å². The zero-order valence-corrected chi connectivity index (χ0v) is 51.0. The van der Waals surface area contributed by atoms with E-state index in [4.69, 9.17) is 52.0 Å². The molecule has 0 N–H and O–H groups in total. The van der Waals surface area contributed by atoms with Gasteiger partial charge in [0.05, 0.1) is 75.8 Å². The maximum absolute atomic E-state index is 14.9. The van der Waals surface area contributed by atoms with Gasteiger partial charge in [0, 0.05) is 73.4 Å². The standard InChI is InChI=1S/C59H86BO15PS2/c1-38-26-45(72-49(27-38)34-58(11)57(9,10)51(71-40(3)61)32-47(73-58)30-48(75-60(76)77)33-53(63)78-55(4,5)6)24-25-56(7,8)59(67-14)54(64)43(29-52(62)66-13)28-46(74-59)31-50(69-36-42-20-22-44(65-12)23-21-42)39(2)70-37-68-35-41-18-16-15-17-19-41/h15-25,29,39,45-51,77H,1,26-28,30-37,76H2,2-14H3/b25-24+,43-29+/t39-,45+,46+,47-,48-,49+,50-,51+,58-,59-/m1/s1. The zero-order chi connectivity index (χ0) is 57.6. The van der Waals surface area contributed by atoms with E-state index in [9.17, 15) is 19.2 Å². The molecule has 0 spiro atoms. The molecule has 3 fully saturated rings. The Kier molecular flexibility index (Phi) is 24.4. The number of esters is 2. The quantitative estimate of drug-likeness (QED) is 0.0138. The fraction of sp³-hybridized carbons (Fsp3) is 0.627. The molecule has 5 rings (SSSR count). The van der Waals surface area contributed by atoms with E-state index in [1.807, 2.05) is 129 Å². The number of hydrogen-bond acceptors (Lipinski definition) is 17. The summed E-state index contributed by atoms with van der Waals surface area (Å²) in [5, 5.41) is 0.00358. The molecule has 15 nitrogen and oxygen atoms in total. The van der Waals surface area contributed by atoms with Crippen LogP contribution in [0.1, 0.15) is 132 Å². The molecule has 0 aliphatic carbocycles. The Morgan fingerprint density at radius 1 is 0.910 bits per heavy atom. The molecule has 3 aliphatic heterocycles. The zero-order valence-electron chi connectivity index (χ0n) is 48.2. The predicted molar refractivity (Wildman–Crippen MR) is 310 cm³/mol. The summed E-state index contributed by atoms with van der Waals surface area (Å²) in [5.41, 5.74) is 0.312. The van der Waals surface area contributed by atoms with Gasteiger partial charge in [-0.05, 0) is 56.4 Å². The molecular formula is C59H86BO15PS2. The van der Waals surface area contributed by atoms with Crippen LogP contribution in [-0.4, -0.2) is 122 Å². The highest BCUT2D eigenvalue weighted by Crippen LogP contribution is 2.51.